The summed E-state index contributed by atoms with van der Waals surface area (Å²) >= 11 is 0. The molecule has 0 bridgehead atoms. The summed E-state index contributed by atoms with van der Waals surface area (Å²) in [6, 6.07) is 0. The molecule has 0 aromatic carbocycles. The Morgan fingerprint density at radius 1 is 0.722 bits per heavy atom. The monoisotopic (exact) mass is 246 g/mol. The van der Waals surface area contributed by atoms with Crippen molar-refractivity contribution in [1.82, 2.24) is 0 Å². The fourth-order valence-corrected chi connectivity index (χ4v) is 3.91. The normalized spacial score (nSPS) is 26.2. The highest BCUT2D eigenvalue weighted by molar-refractivity contribution is 5.93. The van der Waals surface area contributed by atoms with Crippen molar-refractivity contribution in [2.24, 2.45) is 10.8 Å². The Morgan fingerprint density at radius 3 is 1.33 bits per heavy atom. The topological polar surface area (TPSA) is 17.1 Å². The number of hydrogen-bond acceptors (Lipinski definition) is 1. The van der Waals surface area contributed by atoms with Gasteiger partial charge in [-0.2, -0.15) is 0 Å². The van der Waals surface area contributed by atoms with E-state index in [9.17, 15) is 4.79 Å². The number of rotatable bonds is 4. The van der Waals surface area contributed by atoms with Gasteiger partial charge in [-0.25, -0.2) is 0 Å². The predicted octanol–water partition coefficient (Wildman–Crippen LogP) is 4.83. The zero-order valence-electron chi connectivity index (χ0n) is 11.5. The second kappa shape index (κ2) is 5.42. The molecule has 2 rings (SSSR count). The molecular weight excluding hydrogens is 220 g/mol. The SMILES string of the molecule is C=CC1(C(=O)C2(C=C)CCCCC2)CCCCC1. The van der Waals surface area contributed by atoms with Crippen LogP contribution in [0.15, 0.2) is 25.3 Å². The number of hydrogen-bond donors (Lipinski definition) is 0. The lowest BCUT2D eigenvalue weighted by Gasteiger charge is -2.42. The molecule has 0 radical (unpaired) electrons. The van der Waals surface area contributed by atoms with Gasteiger partial charge < -0.3 is 0 Å². The maximum atomic E-state index is 13.1. The molecule has 0 aromatic rings. The van der Waals surface area contributed by atoms with E-state index in [4.69, 9.17) is 0 Å². The largest absolute Gasteiger partial charge is 0.298 e. The molecule has 1 heteroatoms. The zero-order valence-corrected chi connectivity index (χ0v) is 11.5. The first-order valence-corrected chi connectivity index (χ1v) is 7.51. The minimum atomic E-state index is -0.246. The van der Waals surface area contributed by atoms with Gasteiger partial charge in [0.05, 0.1) is 0 Å². The third-order valence-corrected chi connectivity index (χ3v) is 5.18. The van der Waals surface area contributed by atoms with Crippen molar-refractivity contribution in [3.8, 4) is 0 Å². The summed E-state index contributed by atoms with van der Waals surface area (Å²) in [7, 11) is 0. The number of Topliss-reactive ketones (excluding diaryl/α,β-unsaturated/α-hetero) is 1. The van der Waals surface area contributed by atoms with Crippen LogP contribution in [0, 0.1) is 10.8 Å². The molecule has 0 aromatic heterocycles. The van der Waals surface area contributed by atoms with Crippen molar-refractivity contribution in [1.29, 1.82) is 0 Å². The molecule has 0 unspecified atom stereocenters. The summed E-state index contributed by atoms with van der Waals surface area (Å²) in [5, 5.41) is 0. The second-order valence-electron chi connectivity index (χ2n) is 6.17. The fourth-order valence-electron chi connectivity index (χ4n) is 3.91. The molecule has 2 aliphatic carbocycles. The third kappa shape index (κ3) is 2.20. The molecule has 18 heavy (non-hydrogen) atoms. The molecular formula is C17H26O. The van der Waals surface area contributed by atoms with Crippen LogP contribution >= 0.6 is 0 Å². The quantitative estimate of drug-likeness (QED) is 0.649. The lowest BCUT2D eigenvalue weighted by molar-refractivity contribution is -0.137. The molecule has 2 aliphatic rings. The van der Waals surface area contributed by atoms with E-state index < -0.39 is 0 Å². The van der Waals surface area contributed by atoms with Gasteiger partial charge in [0.25, 0.3) is 0 Å². The van der Waals surface area contributed by atoms with Gasteiger partial charge in [0.15, 0.2) is 5.78 Å². The molecule has 0 aliphatic heterocycles. The van der Waals surface area contributed by atoms with Gasteiger partial charge in [0.1, 0.15) is 0 Å². The molecule has 0 atom stereocenters. The van der Waals surface area contributed by atoms with Gasteiger partial charge in [-0.15, -0.1) is 13.2 Å². The van der Waals surface area contributed by atoms with Crippen molar-refractivity contribution in [3.05, 3.63) is 25.3 Å². The average molecular weight is 246 g/mol. The van der Waals surface area contributed by atoms with E-state index >= 15 is 0 Å². The van der Waals surface area contributed by atoms with Crippen molar-refractivity contribution in [3.63, 3.8) is 0 Å². The van der Waals surface area contributed by atoms with Crippen LogP contribution in [0.2, 0.25) is 0 Å². The summed E-state index contributed by atoms with van der Waals surface area (Å²) in [5.74, 6) is 0.430. The van der Waals surface area contributed by atoms with Crippen LogP contribution in [0.1, 0.15) is 64.2 Å². The van der Waals surface area contributed by atoms with Gasteiger partial charge in [-0.1, -0.05) is 50.7 Å². The van der Waals surface area contributed by atoms with E-state index in [-0.39, 0.29) is 10.8 Å². The Balaban J connectivity index is 2.26. The highest BCUT2D eigenvalue weighted by Gasteiger charge is 2.47. The van der Waals surface area contributed by atoms with Crippen molar-refractivity contribution in [2.75, 3.05) is 0 Å². The van der Waals surface area contributed by atoms with E-state index in [0.29, 0.717) is 5.78 Å². The molecule has 2 fully saturated rings. The standard InChI is InChI=1S/C17H26O/c1-3-16(11-7-5-8-12-16)15(18)17(4-2)13-9-6-10-14-17/h3-4H,1-2,5-14H2. The molecule has 1 nitrogen and oxygen atoms in total. The van der Waals surface area contributed by atoms with Crippen molar-refractivity contribution >= 4 is 5.78 Å². The van der Waals surface area contributed by atoms with Gasteiger partial charge in [0.2, 0.25) is 0 Å². The summed E-state index contributed by atoms with van der Waals surface area (Å²) in [5.41, 5.74) is -0.492. The maximum Gasteiger partial charge on any atom is 0.152 e. The summed E-state index contributed by atoms with van der Waals surface area (Å²) in [6.45, 7) is 7.97. The van der Waals surface area contributed by atoms with E-state index in [1.165, 1.54) is 38.5 Å². The Morgan fingerprint density at radius 2 is 1.06 bits per heavy atom. The molecule has 0 spiro atoms. The zero-order chi connectivity index (χ0) is 13.1. The first kappa shape index (κ1) is 13.6. The van der Waals surface area contributed by atoms with E-state index in [1.807, 2.05) is 12.2 Å². The van der Waals surface area contributed by atoms with Crippen LogP contribution in [0.4, 0.5) is 0 Å². The average Bonchev–Trinajstić information content (AvgIpc) is 2.48. The molecule has 0 saturated heterocycles. The number of allylic oxidation sites excluding steroid dienone is 2. The van der Waals surface area contributed by atoms with E-state index in [1.54, 1.807) is 0 Å². The van der Waals surface area contributed by atoms with Crippen molar-refractivity contribution < 1.29 is 4.79 Å². The number of carbonyl (C=O) groups excluding carboxylic acids is 1. The second-order valence-corrected chi connectivity index (χ2v) is 6.17. The van der Waals surface area contributed by atoms with Gasteiger partial charge in [-0.3, -0.25) is 4.79 Å². The predicted molar refractivity (Wildman–Crippen MR) is 76.4 cm³/mol. The van der Waals surface area contributed by atoms with E-state index in [2.05, 4.69) is 13.2 Å². The Kier molecular flexibility index (Phi) is 4.09. The lowest BCUT2D eigenvalue weighted by Crippen LogP contribution is -2.43. The third-order valence-electron chi connectivity index (χ3n) is 5.18. The number of ketones is 1. The molecule has 100 valence electrons. The lowest BCUT2D eigenvalue weighted by atomic mass is 9.59. The molecule has 0 heterocycles. The van der Waals surface area contributed by atoms with Gasteiger partial charge in [0, 0.05) is 10.8 Å². The summed E-state index contributed by atoms with van der Waals surface area (Å²) < 4.78 is 0. The van der Waals surface area contributed by atoms with E-state index in [0.717, 1.165) is 25.7 Å². The Hall–Kier alpha value is -0.850. The number of carbonyl (C=O) groups is 1. The highest BCUT2D eigenvalue weighted by Crippen LogP contribution is 2.48. The van der Waals surface area contributed by atoms with Crippen LogP contribution < -0.4 is 0 Å². The van der Waals surface area contributed by atoms with Crippen LogP contribution in [-0.4, -0.2) is 5.78 Å². The van der Waals surface area contributed by atoms with Gasteiger partial charge in [-0.05, 0) is 25.7 Å². The fraction of sp³-hybridized carbons (Fsp3) is 0.706. The van der Waals surface area contributed by atoms with Crippen LogP contribution in [-0.2, 0) is 4.79 Å². The smallest absolute Gasteiger partial charge is 0.152 e. The van der Waals surface area contributed by atoms with Crippen molar-refractivity contribution in [2.45, 2.75) is 64.2 Å². The summed E-state index contributed by atoms with van der Waals surface area (Å²) in [4.78, 5) is 13.1. The first-order valence-electron chi connectivity index (χ1n) is 7.51. The van der Waals surface area contributed by atoms with Crippen LogP contribution in [0.3, 0.4) is 0 Å². The maximum absolute atomic E-state index is 13.1. The molecule has 0 amide bonds. The summed E-state index contributed by atoms with van der Waals surface area (Å²) in [6.07, 6.45) is 15.1. The molecule has 0 N–H and O–H groups in total. The minimum absolute atomic E-state index is 0.246. The Labute approximate surface area is 111 Å². The van der Waals surface area contributed by atoms with Gasteiger partial charge >= 0.3 is 0 Å². The van der Waals surface area contributed by atoms with Crippen LogP contribution in [0.25, 0.3) is 0 Å². The Bertz CT molecular complexity index is 296. The minimum Gasteiger partial charge on any atom is -0.298 e. The molecule has 2 saturated carbocycles. The van der Waals surface area contributed by atoms with Crippen LogP contribution in [0.5, 0.6) is 0 Å². The first-order chi connectivity index (χ1) is 8.69. The highest BCUT2D eigenvalue weighted by atomic mass is 16.1.